The number of anilines is 1. The smallest absolute Gasteiger partial charge is 0.327 e. The number of nitrogens with zero attached hydrogens (tertiary/aromatic N) is 4. The average molecular weight is 1010 g/mol. The van der Waals surface area contributed by atoms with Crippen LogP contribution >= 0.6 is 0 Å². The van der Waals surface area contributed by atoms with Crippen LogP contribution in [0.3, 0.4) is 0 Å². The lowest BCUT2D eigenvalue weighted by Crippen LogP contribution is -2.43. The number of Topliss-reactive ketones (excluding diaryl/α,β-unsaturated/α-hetero) is 1. The molecule has 1 fully saturated rings. The number of ether oxygens (including phenoxy) is 3. The highest BCUT2D eigenvalue weighted by Gasteiger charge is 2.50. The van der Waals surface area contributed by atoms with E-state index in [1.54, 1.807) is 32.1 Å². The number of benzene rings is 3. The van der Waals surface area contributed by atoms with Crippen molar-refractivity contribution in [2.45, 2.75) is 124 Å². The van der Waals surface area contributed by atoms with Gasteiger partial charge in [-0.1, -0.05) is 90.1 Å². The topological polar surface area (TPSA) is 255 Å². The summed E-state index contributed by atoms with van der Waals surface area (Å²) < 4.78 is 18.7. The van der Waals surface area contributed by atoms with Crippen molar-refractivity contribution < 1.29 is 49.0 Å². The van der Waals surface area contributed by atoms with E-state index in [0.29, 0.717) is 68.8 Å². The minimum absolute atomic E-state index is 0.0169. The van der Waals surface area contributed by atoms with Gasteiger partial charge < -0.3 is 55.6 Å². The first-order chi connectivity index (χ1) is 34.6. The minimum atomic E-state index is -1.91. The van der Waals surface area contributed by atoms with Crippen molar-refractivity contribution >= 4 is 34.1 Å². The van der Waals surface area contributed by atoms with Crippen LogP contribution in [0.25, 0.3) is 10.8 Å². The minimum Gasteiger partial charge on any atom is -0.507 e. The van der Waals surface area contributed by atoms with Crippen molar-refractivity contribution in [3.8, 4) is 17.2 Å². The van der Waals surface area contributed by atoms with Crippen LogP contribution < -0.4 is 32.3 Å². The van der Waals surface area contributed by atoms with Gasteiger partial charge in [0.1, 0.15) is 35.2 Å². The summed E-state index contributed by atoms with van der Waals surface area (Å²) in [4.78, 5) is 55.2. The maximum Gasteiger partial charge on any atom is 0.327 e. The third-order valence-electron chi connectivity index (χ3n) is 14.4. The Bertz CT molecular complexity index is 2770. The number of aryl methyl sites for hydroxylation is 1. The molecule has 1 saturated heterocycles. The monoisotopic (exact) mass is 1010 g/mol. The summed E-state index contributed by atoms with van der Waals surface area (Å²) >= 11 is 0. The van der Waals surface area contributed by atoms with Crippen molar-refractivity contribution in [3.05, 3.63) is 106 Å². The highest BCUT2D eigenvalue weighted by Crippen LogP contribution is 2.50. The molecule has 3 aromatic carbocycles. The SMILES string of the molecule is C/C1=C/C=C/C(C)C[C@@H](C)[C@@H](O)[C@@H](C)C(OC(=O)CN(N)/C=C(\N)CCc2ccccc2)[C@H](C)C/C=C/O[C@@]2(C)Oc3c(C)c(O)c4c(O)c(c5c(c4c3C2=O)=NC2(CCN(CC(C)C)CC2)N=5)NC1=O.CO. The van der Waals surface area contributed by atoms with Crippen molar-refractivity contribution in [2.24, 2.45) is 51.2 Å². The standard InChI is InChI=1S/C55H73N7O9.CH4O/c1-31(2)28-61-24-22-55(23-25-61)59-44-41-42-48(65)37(8)51-43(41)52(67)54(9,71-51)69-26-14-17-33(4)50(70-40(63)30-62(57)29-39(56)21-20-38-18-11-10-12-19-38)36(7)47(64)35(6)27-32(3)15-13-16-34(5)53(68)58-46(49(42)66)45(44)60-55;1-2/h10-16,18-19,26,29,31-33,35-36,47,50,64-66H,17,20-25,27-28,30,56-57H2,1-9H3,(H,58,68);2H,1H3/b15-13+,26-14+,34-16-,39-29-;/t32?,33-,35-,36-,47-,50?,54+;/m1./s1. The first-order valence-electron chi connectivity index (χ1n) is 25.4. The van der Waals surface area contributed by atoms with Crippen LogP contribution in [0, 0.1) is 36.5 Å². The second-order valence-electron chi connectivity index (χ2n) is 20.9. The molecule has 7 atom stereocenters. The number of aliphatic hydroxyl groups excluding tert-OH is 2. The molecule has 2 unspecified atom stereocenters. The zero-order chi connectivity index (χ0) is 53.5. The maximum atomic E-state index is 14.8. The molecule has 5 aliphatic heterocycles. The number of hydrogen-bond acceptors (Lipinski definition) is 16. The molecule has 0 aliphatic carbocycles. The number of rotatable bonds is 9. The summed E-state index contributed by atoms with van der Waals surface area (Å²) in [6.07, 6.45) is 11.6. The number of phenols is 2. The van der Waals surface area contributed by atoms with Gasteiger partial charge in [0.2, 0.25) is 0 Å². The van der Waals surface area contributed by atoms with Crippen LogP contribution in [0.5, 0.6) is 17.2 Å². The van der Waals surface area contributed by atoms with Crippen molar-refractivity contribution in [1.29, 1.82) is 0 Å². The predicted octanol–water partition coefficient (Wildman–Crippen LogP) is 6.35. The molecule has 17 nitrogen and oxygen atoms in total. The number of hydrazine groups is 1. The molecule has 1 amide bonds. The van der Waals surface area contributed by atoms with E-state index in [-0.39, 0.29) is 74.1 Å². The Balaban J connectivity index is 0.00000429. The summed E-state index contributed by atoms with van der Waals surface area (Å²) in [5, 5.41) is 47.6. The fourth-order valence-electron chi connectivity index (χ4n) is 10.4. The van der Waals surface area contributed by atoms with Gasteiger partial charge in [0.25, 0.3) is 11.7 Å². The van der Waals surface area contributed by atoms with Crippen LogP contribution in [0.4, 0.5) is 5.69 Å². The number of nitrogens with two attached hydrogens (primary N) is 2. The third kappa shape index (κ3) is 12.6. The average Bonchev–Trinajstić information content (AvgIpc) is 3.85. The van der Waals surface area contributed by atoms with Gasteiger partial charge in [0.05, 0.1) is 28.7 Å². The first kappa shape index (κ1) is 56.0. The molecule has 0 saturated carbocycles. The number of nitrogens with one attached hydrogen (secondary N) is 1. The van der Waals surface area contributed by atoms with E-state index in [0.717, 1.165) is 19.2 Å². The lowest BCUT2D eigenvalue weighted by molar-refractivity contribution is -0.159. The molecule has 5 heterocycles. The number of fused-ring (bicyclic) bond motifs is 13. The molecule has 73 heavy (non-hydrogen) atoms. The number of likely N-dealkylation sites (tertiary alicyclic amines) is 1. The quantitative estimate of drug-likeness (QED) is 0.0534. The Morgan fingerprint density at radius 3 is 2.36 bits per heavy atom. The molecule has 17 heteroatoms. The molecular formula is C56H77N7O10. The van der Waals surface area contributed by atoms with E-state index >= 15 is 0 Å². The van der Waals surface area contributed by atoms with Gasteiger partial charge in [-0.15, -0.1) is 0 Å². The maximum absolute atomic E-state index is 14.8. The third-order valence-corrected chi connectivity index (χ3v) is 14.4. The fourth-order valence-corrected chi connectivity index (χ4v) is 10.4. The lowest BCUT2D eigenvalue weighted by atomic mass is 9.80. The van der Waals surface area contributed by atoms with Crippen molar-refractivity contribution in [3.63, 3.8) is 0 Å². The summed E-state index contributed by atoms with van der Waals surface area (Å²) in [5.41, 5.74) is 7.51. The van der Waals surface area contributed by atoms with Gasteiger partial charge in [-0.3, -0.25) is 24.4 Å². The molecule has 0 aromatic heterocycles. The number of carbonyl (C=O) groups excluding carboxylic acids is 3. The Kier molecular flexibility index (Phi) is 18.2. The van der Waals surface area contributed by atoms with Crippen molar-refractivity contribution in [2.75, 3.05) is 38.6 Å². The van der Waals surface area contributed by atoms with Crippen LogP contribution in [-0.2, 0) is 25.5 Å². The Morgan fingerprint density at radius 2 is 1.68 bits per heavy atom. The summed E-state index contributed by atoms with van der Waals surface area (Å²) in [6, 6.07) is 9.91. The van der Waals surface area contributed by atoms with E-state index in [2.05, 4.69) is 24.1 Å². The number of aliphatic hydroxyl groups is 2. The molecule has 5 aliphatic rings. The van der Waals surface area contributed by atoms with Crippen molar-refractivity contribution in [1.82, 2.24) is 9.91 Å². The van der Waals surface area contributed by atoms with Gasteiger partial charge in [-0.05, 0) is 74.8 Å². The van der Waals surface area contributed by atoms with Crippen LogP contribution in [0.2, 0.25) is 0 Å². The zero-order valence-electron chi connectivity index (χ0n) is 44.1. The predicted molar refractivity (Wildman–Crippen MR) is 281 cm³/mol. The first-order valence-corrected chi connectivity index (χ1v) is 25.4. The number of amides is 1. The van der Waals surface area contributed by atoms with Crippen LogP contribution in [0.15, 0.2) is 88.4 Å². The Morgan fingerprint density at radius 1 is 1.01 bits per heavy atom. The molecule has 0 radical (unpaired) electrons. The normalized spacial score (nSPS) is 27.1. The van der Waals surface area contributed by atoms with E-state index in [9.17, 15) is 29.7 Å². The molecule has 9 N–H and O–H groups in total. The molecule has 396 valence electrons. The number of esters is 1. The van der Waals surface area contributed by atoms with Gasteiger partial charge in [-0.25, -0.2) is 5.84 Å². The number of carbonyl (C=O) groups is 3. The highest BCUT2D eigenvalue weighted by molar-refractivity contribution is 6.19. The van der Waals surface area contributed by atoms with Crippen LogP contribution in [0.1, 0.15) is 109 Å². The van der Waals surface area contributed by atoms with Gasteiger partial charge >= 0.3 is 11.8 Å². The number of ketones is 1. The van der Waals surface area contributed by atoms with E-state index in [4.69, 9.17) is 40.9 Å². The zero-order valence-corrected chi connectivity index (χ0v) is 44.1. The Hall–Kier alpha value is -6.27. The van der Waals surface area contributed by atoms with E-state index < -0.39 is 53.0 Å². The highest BCUT2D eigenvalue weighted by atomic mass is 16.7. The van der Waals surface area contributed by atoms with Gasteiger partial charge in [0, 0.05) is 80.8 Å². The number of aromatic hydroxyl groups is 2. The summed E-state index contributed by atoms with van der Waals surface area (Å²) in [5.74, 6) is 1.22. The van der Waals surface area contributed by atoms with E-state index in [1.807, 2.05) is 64.1 Å². The number of piperidine rings is 1. The number of allylic oxidation sites excluding steroid dienone is 5. The number of hydrogen-bond donors (Lipinski definition) is 7. The Labute approximate surface area is 429 Å². The molecule has 5 bridgehead atoms. The summed E-state index contributed by atoms with van der Waals surface area (Å²) in [7, 11) is 1.00. The molecule has 3 aromatic rings. The van der Waals surface area contributed by atoms with Crippen LogP contribution in [-0.4, -0.2) is 105 Å². The lowest BCUT2D eigenvalue weighted by Gasteiger charge is -2.36. The van der Waals surface area contributed by atoms with Gasteiger partial charge in [-0.2, -0.15) is 0 Å². The van der Waals surface area contributed by atoms with Gasteiger partial charge in [0.15, 0.2) is 11.4 Å². The van der Waals surface area contributed by atoms with E-state index in [1.165, 1.54) is 24.4 Å². The second-order valence-corrected chi connectivity index (χ2v) is 20.9. The largest absolute Gasteiger partial charge is 0.507 e. The fraction of sp³-hybridized carbons (Fsp3) is 0.518. The molecule has 1 spiro atoms. The summed E-state index contributed by atoms with van der Waals surface area (Å²) in [6.45, 7) is 18.8. The molecule has 8 rings (SSSR count). The number of phenolic OH excluding ortho intramolecular Hbond substituents is 2. The molecular weight excluding hydrogens is 931 g/mol. The second kappa shape index (κ2) is 23.7.